The maximum absolute atomic E-state index is 3.49. The van der Waals surface area contributed by atoms with Crippen molar-refractivity contribution >= 4 is 23.9 Å². The van der Waals surface area contributed by atoms with Gasteiger partial charge in [0.15, 0.2) is 0 Å². The maximum Gasteiger partial charge on any atom is 0 e. The molecule has 0 aliphatic carbocycles. The van der Waals surface area contributed by atoms with E-state index >= 15 is 0 Å². The fraction of sp³-hybridized carbons (Fsp3) is 0.667. The Kier molecular flexibility index (Phi) is 118. The van der Waals surface area contributed by atoms with Gasteiger partial charge in [-0.1, -0.05) is 60.8 Å². The van der Waals surface area contributed by atoms with E-state index in [4.69, 9.17) is 0 Å². The van der Waals surface area contributed by atoms with Crippen molar-refractivity contribution < 1.29 is 1.43 Å². The molecular weight excluding hydrogens is 227 g/mol. The molecule has 0 amide bonds. The molecule has 0 aromatic rings. The Morgan fingerprint density at radius 2 is 0.800 bits per heavy atom. The quantitative estimate of drug-likeness (QED) is 0.576. The molecule has 0 saturated heterocycles. The molecular formula is C9H23Sn. The van der Waals surface area contributed by atoms with Crippen LogP contribution in [0.1, 0.15) is 41.5 Å². The van der Waals surface area contributed by atoms with Crippen molar-refractivity contribution in [2.24, 2.45) is 0 Å². The minimum atomic E-state index is 0. The Bertz CT molecular complexity index is 14.3. The fourth-order valence-corrected chi connectivity index (χ4v) is 0. The van der Waals surface area contributed by atoms with E-state index in [-0.39, 0.29) is 25.3 Å². The second-order valence-corrected chi connectivity index (χ2v) is 1.50. The molecule has 0 heterocycles. The van der Waals surface area contributed by atoms with Gasteiger partial charge in [0.1, 0.15) is 0 Å². The molecule has 10 heavy (non-hydrogen) atoms. The second-order valence-electron chi connectivity index (χ2n) is 1.50. The molecule has 0 spiro atoms. The zero-order valence-corrected chi connectivity index (χ0v) is 10.6. The molecule has 0 nitrogen and oxygen atoms in total. The summed E-state index contributed by atoms with van der Waals surface area (Å²) in [5, 5.41) is 0. The van der Waals surface area contributed by atoms with Crippen LogP contribution in [0.4, 0.5) is 0 Å². The molecule has 0 unspecified atom stereocenters. The molecule has 0 aliphatic heterocycles. The van der Waals surface area contributed by atoms with Crippen molar-refractivity contribution in [2.75, 3.05) is 0 Å². The van der Waals surface area contributed by atoms with Crippen LogP contribution >= 0.6 is 0 Å². The van der Waals surface area contributed by atoms with E-state index < -0.39 is 0 Å². The third-order valence-electron chi connectivity index (χ3n) is 0. The van der Waals surface area contributed by atoms with Gasteiger partial charge in [-0.15, -0.1) is 0 Å². The first-order valence-corrected chi connectivity index (χ1v) is 3.62. The van der Waals surface area contributed by atoms with Crippen LogP contribution in [0.25, 0.3) is 0 Å². The van der Waals surface area contributed by atoms with Gasteiger partial charge in [0, 0.05) is 25.3 Å². The molecule has 0 aliphatic rings. The van der Waals surface area contributed by atoms with Gasteiger partial charge >= 0.3 is 0 Å². The first kappa shape index (κ1) is 22.4. The molecule has 1 heteroatoms. The molecule has 0 N–H and O–H groups in total. The van der Waals surface area contributed by atoms with E-state index in [0.29, 0.717) is 0 Å². The summed E-state index contributed by atoms with van der Waals surface area (Å²) in [6.45, 7) is 16.5. The normalized spacial score (nSPS) is 5.40. The third kappa shape index (κ3) is 839. The molecule has 7 radical (unpaired) electrons. The Hall–Kier alpha value is 0.799. The van der Waals surface area contributed by atoms with Crippen LogP contribution in [-0.2, 0) is 0 Å². The summed E-state index contributed by atoms with van der Waals surface area (Å²) in [5.41, 5.74) is 0. The standard InChI is InChI=1S/3C3H7.Sn.H2/c3*1-3-2;;/h3*1,3H2,2H3;;1H. The number of rotatable bonds is 0. The summed E-state index contributed by atoms with van der Waals surface area (Å²) in [5.74, 6) is 0. The Labute approximate surface area is 86.2 Å². The van der Waals surface area contributed by atoms with Crippen molar-refractivity contribution in [3.63, 3.8) is 0 Å². The molecule has 0 saturated carbocycles. The molecule has 0 rings (SSSR count). The fourth-order valence-electron chi connectivity index (χ4n) is 0. The van der Waals surface area contributed by atoms with Gasteiger partial charge in [-0.25, -0.2) is 0 Å². The summed E-state index contributed by atoms with van der Waals surface area (Å²) in [4.78, 5) is 0. The van der Waals surface area contributed by atoms with Crippen LogP contribution in [0, 0.1) is 20.8 Å². The van der Waals surface area contributed by atoms with Crippen LogP contribution in [-0.4, -0.2) is 23.9 Å². The first-order valence-electron chi connectivity index (χ1n) is 3.62. The predicted molar refractivity (Wildman–Crippen MR) is 54.8 cm³/mol. The van der Waals surface area contributed by atoms with E-state index in [1.807, 2.05) is 20.8 Å². The van der Waals surface area contributed by atoms with Crippen molar-refractivity contribution in [3.05, 3.63) is 20.8 Å². The van der Waals surface area contributed by atoms with E-state index in [2.05, 4.69) is 20.8 Å². The van der Waals surface area contributed by atoms with Crippen LogP contribution < -0.4 is 0 Å². The van der Waals surface area contributed by atoms with Crippen LogP contribution in [0.15, 0.2) is 0 Å². The molecule has 63 valence electrons. The summed E-state index contributed by atoms with van der Waals surface area (Å²) < 4.78 is 0. The van der Waals surface area contributed by atoms with Gasteiger partial charge < -0.3 is 0 Å². The first-order chi connectivity index (χ1) is 4.24. The van der Waals surface area contributed by atoms with E-state index in [1.165, 1.54) is 0 Å². The average molecular weight is 250 g/mol. The van der Waals surface area contributed by atoms with Gasteiger partial charge in [-0.2, -0.15) is 0 Å². The second kappa shape index (κ2) is 52.6. The van der Waals surface area contributed by atoms with E-state index in [0.717, 1.165) is 19.3 Å². The molecule has 0 atom stereocenters. The van der Waals surface area contributed by atoms with Crippen molar-refractivity contribution in [1.29, 1.82) is 0 Å². The monoisotopic (exact) mass is 251 g/mol. The molecule has 0 aromatic carbocycles. The minimum absolute atomic E-state index is 0. The Morgan fingerprint density at radius 1 is 0.800 bits per heavy atom. The van der Waals surface area contributed by atoms with Crippen LogP contribution in [0.2, 0.25) is 0 Å². The minimum Gasteiger partial charge on any atom is -0.0654 e. The van der Waals surface area contributed by atoms with Gasteiger partial charge in [0.05, 0.1) is 0 Å². The van der Waals surface area contributed by atoms with E-state index in [9.17, 15) is 0 Å². The third-order valence-corrected chi connectivity index (χ3v) is 0. The number of hydrogen-bond acceptors (Lipinski definition) is 0. The SMILES string of the molecule is [CH2]CC.[CH2]CC.[CH2]CC.[HH].[Sn]. The van der Waals surface area contributed by atoms with Gasteiger partial charge in [-0.05, 0) is 0 Å². The van der Waals surface area contributed by atoms with Crippen LogP contribution in [0.5, 0.6) is 0 Å². The van der Waals surface area contributed by atoms with Gasteiger partial charge in [-0.3, -0.25) is 0 Å². The smallest absolute Gasteiger partial charge is 0 e. The molecule has 0 fully saturated rings. The molecule has 0 bridgehead atoms. The Balaban J connectivity index is -0.0000000150. The Morgan fingerprint density at radius 3 is 0.800 bits per heavy atom. The van der Waals surface area contributed by atoms with Gasteiger partial charge in [0.2, 0.25) is 0 Å². The summed E-state index contributed by atoms with van der Waals surface area (Å²) >= 11 is 0. The zero-order chi connectivity index (χ0) is 8.12. The number of hydrogen-bond donors (Lipinski definition) is 0. The van der Waals surface area contributed by atoms with Crippen molar-refractivity contribution in [3.8, 4) is 0 Å². The summed E-state index contributed by atoms with van der Waals surface area (Å²) in [7, 11) is 0. The summed E-state index contributed by atoms with van der Waals surface area (Å²) in [6.07, 6.45) is 3.00. The predicted octanol–water partition coefficient (Wildman–Crippen LogP) is 3.56. The van der Waals surface area contributed by atoms with Crippen molar-refractivity contribution in [1.82, 2.24) is 0 Å². The maximum atomic E-state index is 3.49. The van der Waals surface area contributed by atoms with Crippen molar-refractivity contribution in [2.45, 2.75) is 40.0 Å². The molecule has 0 aromatic heterocycles. The summed E-state index contributed by atoms with van der Waals surface area (Å²) in [6, 6.07) is 0. The van der Waals surface area contributed by atoms with E-state index in [1.54, 1.807) is 0 Å². The average Bonchev–Trinajstić information content (AvgIpc) is 1.70. The topological polar surface area (TPSA) is 0 Å². The largest absolute Gasteiger partial charge is 0.0654 e. The van der Waals surface area contributed by atoms with Gasteiger partial charge in [0.25, 0.3) is 0 Å². The van der Waals surface area contributed by atoms with Crippen LogP contribution in [0.3, 0.4) is 0 Å². The zero-order valence-electron chi connectivity index (χ0n) is 7.74.